The molecule has 7 nitrogen and oxygen atoms in total. The molecule has 1 amide bonds. The maximum atomic E-state index is 13.0. The Kier molecular flexibility index (Phi) is 9.71. The summed E-state index contributed by atoms with van der Waals surface area (Å²) in [4.78, 5) is 13.0. The van der Waals surface area contributed by atoms with Gasteiger partial charge in [0.25, 0.3) is 16.1 Å². The highest BCUT2D eigenvalue weighted by atomic mass is 32.2. The first-order chi connectivity index (χ1) is 16.8. The highest BCUT2D eigenvalue weighted by Gasteiger charge is 2.39. The van der Waals surface area contributed by atoms with E-state index in [-0.39, 0.29) is 17.4 Å². The molecule has 0 unspecified atom stereocenters. The molecule has 1 fully saturated rings. The minimum atomic E-state index is -3.52. The van der Waals surface area contributed by atoms with Gasteiger partial charge in [0.15, 0.2) is 0 Å². The highest BCUT2D eigenvalue weighted by Crippen LogP contribution is 2.39. The number of carbonyl (C=O) groups is 1. The summed E-state index contributed by atoms with van der Waals surface area (Å²) in [6.45, 7) is 5.52. The van der Waals surface area contributed by atoms with Crippen LogP contribution >= 0.6 is 0 Å². The second-order valence-corrected chi connectivity index (χ2v) is 11.0. The van der Waals surface area contributed by atoms with Crippen molar-refractivity contribution >= 4 is 16.1 Å². The van der Waals surface area contributed by atoms with Gasteiger partial charge in [-0.2, -0.15) is 17.4 Å². The van der Waals surface area contributed by atoms with Crippen molar-refractivity contribution in [1.29, 1.82) is 0 Å². The van der Waals surface area contributed by atoms with E-state index in [0.29, 0.717) is 43.8 Å². The fourth-order valence-corrected chi connectivity index (χ4v) is 6.61. The molecular formula is C27H39N3O4S. The molecule has 2 aromatic rings. The molecule has 0 spiro atoms. The van der Waals surface area contributed by atoms with E-state index in [1.54, 1.807) is 23.5 Å². The zero-order valence-electron chi connectivity index (χ0n) is 21.1. The molecule has 0 atom stereocenters. The molecule has 2 N–H and O–H groups in total. The normalized spacial score (nSPS) is 20.5. The standard InChI is InChI=1S/C27H39N3O4S/c1-4-19-30(20-5-2)35(32,33)29-23-15-17-27(18-16-23,22-11-7-6-8-12-22)21-28-26(31)24-13-9-10-14-25(24)34-3/h6-14,23,29H,4-5,15-21H2,1-3H3,(H,28,31). The number of para-hydroxylation sites is 1. The Balaban J connectivity index is 1.72. The van der Waals surface area contributed by atoms with Crippen LogP contribution in [-0.2, 0) is 15.6 Å². The third-order valence-corrected chi connectivity index (χ3v) is 8.55. The summed E-state index contributed by atoms with van der Waals surface area (Å²) >= 11 is 0. The van der Waals surface area contributed by atoms with Gasteiger partial charge in [0.05, 0.1) is 12.7 Å². The highest BCUT2D eigenvalue weighted by molar-refractivity contribution is 7.87. The zero-order chi connectivity index (χ0) is 25.3. The van der Waals surface area contributed by atoms with Crippen LogP contribution in [0.5, 0.6) is 5.75 Å². The van der Waals surface area contributed by atoms with Gasteiger partial charge in [-0.3, -0.25) is 4.79 Å². The Morgan fingerprint density at radius 3 is 2.20 bits per heavy atom. The van der Waals surface area contributed by atoms with E-state index in [1.165, 1.54) is 5.56 Å². The fraction of sp³-hybridized carbons (Fsp3) is 0.519. The molecular weight excluding hydrogens is 462 g/mol. The summed E-state index contributed by atoms with van der Waals surface area (Å²) in [6.07, 6.45) is 4.55. The largest absolute Gasteiger partial charge is 0.496 e. The number of amides is 1. The second kappa shape index (κ2) is 12.5. The minimum absolute atomic E-state index is 0.113. The number of carbonyl (C=O) groups excluding carboxylic acids is 1. The Labute approximate surface area is 210 Å². The van der Waals surface area contributed by atoms with Gasteiger partial charge < -0.3 is 10.1 Å². The number of rotatable bonds is 12. The molecule has 0 saturated heterocycles. The number of nitrogens with one attached hydrogen (secondary N) is 2. The Bertz CT molecular complexity index is 1050. The molecule has 0 heterocycles. The summed E-state index contributed by atoms with van der Waals surface area (Å²) in [7, 11) is -1.96. The second-order valence-electron chi connectivity index (χ2n) is 9.33. The molecule has 3 rings (SSSR count). The first-order valence-corrected chi connectivity index (χ1v) is 14.0. The summed E-state index contributed by atoms with van der Waals surface area (Å²) in [5, 5.41) is 3.13. The lowest BCUT2D eigenvalue weighted by atomic mass is 9.68. The third kappa shape index (κ3) is 6.84. The van der Waals surface area contributed by atoms with Gasteiger partial charge in [0.2, 0.25) is 0 Å². The van der Waals surface area contributed by atoms with Crippen molar-refractivity contribution in [2.75, 3.05) is 26.7 Å². The Morgan fingerprint density at radius 1 is 1.00 bits per heavy atom. The predicted octanol–water partition coefficient (Wildman–Crippen LogP) is 4.26. The average Bonchev–Trinajstić information content (AvgIpc) is 2.88. The van der Waals surface area contributed by atoms with Crippen molar-refractivity contribution in [3.8, 4) is 5.75 Å². The van der Waals surface area contributed by atoms with Crippen LogP contribution in [0, 0.1) is 0 Å². The first-order valence-electron chi connectivity index (χ1n) is 12.6. The van der Waals surface area contributed by atoms with Crippen LogP contribution in [0.3, 0.4) is 0 Å². The van der Waals surface area contributed by atoms with Crippen LogP contribution in [0.25, 0.3) is 0 Å². The topological polar surface area (TPSA) is 87.7 Å². The molecule has 0 radical (unpaired) electrons. The number of hydrogen-bond acceptors (Lipinski definition) is 4. The lowest BCUT2D eigenvalue weighted by molar-refractivity contribution is 0.0932. The van der Waals surface area contributed by atoms with Gasteiger partial charge in [0, 0.05) is 31.1 Å². The van der Waals surface area contributed by atoms with E-state index in [4.69, 9.17) is 4.74 Å². The third-order valence-electron chi connectivity index (χ3n) is 6.87. The molecule has 8 heteroatoms. The summed E-state index contributed by atoms with van der Waals surface area (Å²) in [6, 6.07) is 17.3. The Morgan fingerprint density at radius 2 is 1.60 bits per heavy atom. The lowest BCUT2D eigenvalue weighted by Gasteiger charge is -2.41. The van der Waals surface area contributed by atoms with Crippen LogP contribution < -0.4 is 14.8 Å². The van der Waals surface area contributed by atoms with Gasteiger partial charge in [-0.1, -0.05) is 56.3 Å². The molecule has 35 heavy (non-hydrogen) atoms. The molecule has 1 aliphatic carbocycles. The van der Waals surface area contributed by atoms with Crippen molar-refractivity contribution in [2.24, 2.45) is 0 Å². The molecule has 0 bridgehead atoms. The van der Waals surface area contributed by atoms with Crippen LogP contribution in [0.4, 0.5) is 0 Å². The molecule has 192 valence electrons. The number of ether oxygens (including phenoxy) is 1. The van der Waals surface area contributed by atoms with E-state index in [9.17, 15) is 13.2 Å². The van der Waals surface area contributed by atoms with Gasteiger partial charge in [-0.15, -0.1) is 0 Å². The van der Waals surface area contributed by atoms with Crippen LogP contribution in [-0.4, -0.2) is 51.4 Å². The zero-order valence-corrected chi connectivity index (χ0v) is 21.9. The van der Waals surface area contributed by atoms with Crippen molar-refractivity contribution in [3.63, 3.8) is 0 Å². The first kappa shape index (κ1) is 27.2. The SMILES string of the molecule is CCCN(CCC)S(=O)(=O)NC1CCC(CNC(=O)c2ccccc2OC)(c2ccccc2)CC1. The predicted molar refractivity (Wildman–Crippen MR) is 140 cm³/mol. The molecule has 2 aromatic carbocycles. The fourth-order valence-electron chi connectivity index (χ4n) is 4.96. The van der Waals surface area contributed by atoms with Gasteiger partial charge >= 0.3 is 0 Å². The summed E-state index contributed by atoms with van der Waals surface area (Å²) in [5.41, 5.74) is 1.42. The smallest absolute Gasteiger partial charge is 0.279 e. The summed E-state index contributed by atoms with van der Waals surface area (Å²) < 4.78 is 35.8. The average molecular weight is 502 g/mol. The quantitative estimate of drug-likeness (QED) is 0.455. The maximum absolute atomic E-state index is 13.0. The van der Waals surface area contributed by atoms with E-state index in [2.05, 4.69) is 22.2 Å². The Hall–Kier alpha value is -2.42. The van der Waals surface area contributed by atoms with E-state index < -0.39 is 10.2 Å². The van der Waals surface area contributed by atoms with Crippen molar-refractivity contribution in [3.05, 3.63) is 65.7 Å². The lowest BCUT2D eigenvalue weighted by Crippen LogP contribution is -2.50. The molecule has 0 aromatic heterocycles. The number of hydrogen-bond donors (Lipinski definition) is 2. The number of benzene rings is 2. The van der Waals surface area contributed by atoms with Crippen molar-refractivity contribution < 1.29 is 17.9 Å². The van der Waals surface area contributed by atoms with Gasteiger partial charge in [-0.25, -0.2) is 0 Å². The molecule has 0 aliphatic heterocycles. The van der Waals surface area contributed by atoms with E-state index >= 15 is 0 Å². The van der Waals surface area contributed by atoms with Crippen molar-refractivity contribution in [1.82, 2.24) is 14.3 Å². The number of nitrogens with zero attached hydrogens (tertiary/aromatic N) is 1. The van der Waals surface area contributed by atoms with Gasteiger partial charge in [0.1, 0.15) is 5.75 Å². The number of methoxy groups -OCH3 is 1. The van der Waals surface area contributed by atoms with E-state index in [1.807, 2.05) is 44.2 Å². The molecule has 1 aliphatic rings. The maximum Gasteiger partial charge on any atom is 0.279 e. The minimum Gasteiger partial charge on any atom is -0.496 e. The van der Waals surface area contributed by atoms with Gasteiger partial charge in [-0.05, 0) is 56.2 Å². The van der Waals surface area contributed by atoms with Crippen LogP contribution in [0.15, 0.2) is 54.6 Å². The summed E-state index contributed by atoms with van der Waals surface area (Å²) in [5.74, 6) is 0.371. The van der Waals surface area contributed by atoms with Crippen LogP contribution in [0.1, 0.15) is 68.3 Å². The molecule has 1 saturated carbocycles. The van der Waals surface area contributed by atoms with Crippen molar-refractivity contribution in [2.45, 2.75) is 63.8 Å². The monoisotopic (exact) mass is 501 g/mol. The van der Waals surface area contributed by atoms with E-state index in [0.717, 1.165) is 25.7 Å². The van der Waals surface area contributed by atoms with Crippen LogP contribution in [0.2, 0.25) is 0 Å².